The summed E-state index contributed by atoms with van der Waals surface area (Å²) < 4.78 is 0. The Hall–Kier alpha value is -2.59. The molecular formula is C21H20ClN3O. The van der Waals surface area contributed by atoms with Crippen molar-refractivity contribution >= 4 is 17.5 Å². The minimum atomic E-state index is 0.0762. The van der Waals surface area contributed by atoms with E-state index < -0.39 is 0 Å². The first-order chi connectivity index (χ1) is 12.6. The maximum absolute atomic E-state index is 13.1. The summed E-state index contributed by atoms with van der Waals surface area (Å²) in [6.45, 7) is 2.84. The summed E-state index contributed by atoms with van der Waals surface area (Å²) in [6, 6.07) is 14.2. The zero-order chi connectivity index (χ0) is 18.1. The van der Waals surface area contributed by atoms with Crippen molar-refractivity contribution in [3.05, 3.63) is 76.6 Å². The van der Waals surface area contributed by atoms with Gasteiger partial charge < -0.3 is 4.90 Å². The van der Waals surface area contributed by atoms with Gasteiger partial charge in [-0.3, -0.25) is 9.89 Å². The highest BCUT2D eigenvalue weighted by Gasteiger charge is 2.28. The topological polar surface area (TPSA) is 49.0 Å². The van der Waals surface area contributed by atoms with Gasteiger partial charge in [0, 0.05) is 23.3 Å². The molecule has 2 heterocycles. The monoisotopic (exact) mass is 365 g/mol. The number of hydrogen-bond acceptors (Lipinski definition) is 2. The molecular weight excluding hydrogens is 346 g/mol. The summed E-state index contributed by atoms with van der Waals surface area (Å²) in [5.41, 5.74) is 5.31. The van der Waals surface area contributed by atoms with Gasteiger partial charge in [0.25, 0.3) is 0 Å². The number of fused-ring (bicyclic) bond motifs is 1. The van der Waals surface area contributed by atoms with Gasteiger partial charge >= 0.3 is 0 Å². The van der Waals surface area contributed by atoms with Crippen molar-refractivity contribution in [3.8, 4) is 11.1 Å². The van der Waals surface area contributed by atoms with Crippen LogP contribution in [0.1, 0.15) is 29.7 Å². The SMILES string of the molecule is CC1c2ccccc2CCN1C(=O)Cc1c(Cl)cccc1-c1cn[nH]c1. The highest BCUT2D eigenvalue weighted by atomic mass is 35.5. The van der Waals surface area contributed by atoms with E-state index in [0.717, 1.165) is 29.7 Å². The Kier molecular flexibility index (Phi) is 4.51. The van der Waals surface area contributed by atoms with Crippen molar-refractivity contribution in [2.24, 2.45) is 0 Å². The molecule has 0 fully saturated rings. The molecule has 1 aliphatic heterocycles. The van der Waals surface area contributed by atoms with Crippen molar-refractivity contribution in [1.82, 2.24) is 15.1 Å². The first-order valence-corrected chi connectivity index (χ1v) is 9.16. The summed E-state index contributed by atoms with van der Waals surface area (Å²) in [7, 11) is 0. The van der Waals surface area contributed by atoms with E-state index in [9.17, 15) is 4.79 Å². The molecule has 1 aliphatic rings. The molecule has 0 spiro atoms. The van der Waals surface area contributed by atoms with E-state index in [0.29, 0.717) is 5.02 Å². The second kappa shape index (κ2) is 6.96. The Labute approximate surface area is 157 Å². The van der Waals surface area contributed by atoms with Crippen LogP contribution >= 0.6 is 11.6 Å². The number of halogens is 1. The van der Waals surface area contributed by atoms with Gasteiger partial charge in [0.2, 0.25) is 5.91 Å². The predicted molar refractivity (Wildman–Crippen MR) is 103 cm³/mol. The van der Waals surface area contributed by atoms with E-state index in [1.54, 1.807) is 6.20 Å². The van der Waals surface area contributed by atoms with Gasteiger partial charge in [-0.15, -0.1) is 0 Å². The van der Waals surface area contributed by atoms with E-state index in [1.807, 2.05) is 35.4 Å². The fraction of sp³-hybridized carbons (Fsp3) is 0.238. The van der Waals surface area contributed by atoms with Crippen molar-refractivity contribution in [2.75, 3.05) is 6.54 Å². The second-order valence-electron chi connectivity index (χ2n) is 6.64. The van der Waals surface area contributed by atoms with Crippen LogP contribution in [-0.4, -0.2) is 27.5 Å². The average molecular weight is 366 g/mol. The van der Waals surface area contributed by atoms with Crippen molar-refractivity contribution < 1.29 is 4.79 Å². The van der Waals surface area contributed by atoms with Crippen LogP contribution in [0.3, 0.4) is 0 Å². The first-order valence-electron chi connectivity index (χ1n) is 8.79. The predicted octanol–water partition coefficient (Wildman–Crippen LogP) is 4.42. The zero-order valence-electron chi connectivity index (χ0n) is 14.6. The van der Waals surface area contributed by atoms with Crippen molar-refractivity contribution in [1.29, 1.82) is 0 Å². The van der Waals surface area contributed by atoms with Crippen LogP contribution in [0.4, 0.5) is 0 Å². The lowest BCUT2D eigenvalue weighted by Crippen LogP contribution is -2.39. The van der Waals surface area contributed by atoms with Crippen molar-refractivity contribution in [3.63, 3.8) is 0 Å². The van der Waals surface area contributed by atoms with E-state index in [1.165, 1.54) is 11.1 Å². The fourth-order valence-electron chi connectivity index (χ4n) is 3.77. The summed E-state index contributed by atoms with van der Waals surface area (Å²) >= 11 is 6.45. The number of amides is 1. The molecule has 1 unspecified atom stereocenters. The smallest absolute Gasteiger partial charge is 0.227 e. The highest BCUT2D eigenvalue weighted by molar-refractivity contribution is 6.32. The number of aromatic nitrogens is 2. The Morgan fingerprint density at radius 3 is 2.92 bits per heavy atom. The molecule has 0 saturated carbocycles. The van der Waals surface area contributed by atoms with Crippen molar-refractivity contribution in [2.45, 2.75) is 25.8 Å². The Morgan fingerprint density at radius 2 is 2.12 bits per heavy atom. The van der Waals surface area contributed by atoms with Crippen LogP contribution in [0.15, 0.2) is 54.9 Å². The number of nitrogens with zero attached hydrogens (tertiary/aromatic N) is 2. The number of hydrogen-bond donors (Lipinski definition) is 1. The largest absolute Gasteiger partial charge is 0.335 e. The normalized spacial score (nSPS) is 16.4. The van der Waals surface area contributed by atoms with Gasteiger partial charge in [0.1, 0.15) is 0 Å². The van der Waals surface area contributed by atoms with Gasteiger partial charge in [0.05, 0.1) is 18.7 Å². The number of nitrogens with one attached hydrogen (secondary N) is 1. The Morgan fingerprint density at radius 1 is 1.27 bits per heavy atom. The van der Waals surface area contributed by atoms with Crippen LogP contribution in [0.25, 0.3) is 11.1 Å². The number of benzene rings is 2. The van der Waals surface area contributed by atoms with Crippen LogP contribution in [0.5, 0.6) is 0 Å². The van der Waals surface area contributed by atoms with Crippen LogP contribution in [0.2, 0.25) is 5.02 Å². The van der Waals surface area contributed by atoms with Gasteiger partial charge in [-0.25, -0.2) is 0 Å². The van der Waals surface area contributed by atoms with E-state index >= 15 is 0 Å². The van der Waals surface area contributed by atoms with E-state index in [4.69, 9.17) is 11.6 Å². The average Bonchev–Trinajstić information content (AvgIpc) is 3.18. The summed E-state index contributed by atoms with van der Waals surface area (Å²) in [5, 5.41) is 7.45. The van der Waals surface area contributed by atoms with E-state index in [-0.39, 0.29) is 18.4 Å². The molecule has 26 heavy (non-hydrogen) atoms. The first kappa shape index (κ1) is 16.9. The second-order valence-corrected chi connectivity index (χ2v) is 7.05. The third-order valence-electron chi connectivity index (χ3n) is 5.17. The molecule has 0 aliphatic carbocycles. The standard InChI is InChI=1S/C21H20ClN3O/c1-14-17-6-3-2-5-15(17)9-10-25(14)21(26)11-19-18(7-4-8-20(19)22)16-12-23-24-13-16/h2-8,12-14H,9-11H2,1H3,(H,23,24). The molecule has 5 heteroatoms. The maximum Gasteiger partial charge on any atom is 0.227 e. The molecule has 4 rings (SSSR count). The lowest BCUT2D eigenvalue weighted by Gasteiger charge is -2.35. The molecule has 1 atom stereocenters. The minimum absolute atomic E-state index is 0.0762. The third-order valence-corrected chi connectivity index (χ3v) is 5.53. The van der Waals surface area contributed by atoms with Crippen LogP contribution in [-0.2, 0) is 17.6 Å². The molecule has 3 aromatic rings. The molecule has 0 radical (unpaired) electrons. The minimum Gasteiger partial charge on any atom is -0.335 e. The van der Waals surface area contributed by atoms with Gasteiger partial charge in [-0.1, -0.05) is 48.0 Å². The van der Waals surface area contributed by atoms with Gasteiger partial charge in [-0.05, 0) is 41.7 Å². The Balaban J connectivity index is 1.62. The van der Waals surface area contributed by atoms with Crippen LogP contribution < -0.4 is 0 Å². The molecule has 1 aromatic heterocycles. The molecule has 132 valence electrons. The lowest BCUT2D eigenvalue weighted by atomic mass is 9.92. The quantitative estimate of drug-likeness (QED) is 0.747. The summed E-state index contributed by atoms with van der Waals surface area (Å²) in [6.07, 6.45) is 4.74. The summed E-state index contributed by atoms with van der Waals surface area (Å²) in [4.78, 5) is 15.1. The molecule has 1 amide bonds. The number of rotatable bonds is 3. The third kappa shape index (κ3) is 3.01. The number of aromatic amines is 1. The van der Waals surface area contributed by atoms with Gasteiger partial charge in [-0.2, -0.15) is 5.10 Å². The van der Waals surface area contributed by atoms with E-state index in [2.05, 4.69) is 35.3 Å². The lowest BCUT2D eigenvalue weighted by molar-refractivity contribution is -0.133. The number of carbonyl (C=O) groups is 1. The fourth-order valence-corrected chi connectivity index (χ4v) is 4.01. The molecule has 1 N–H and O–H groups in total. The number of carbonyl (C=O) groups excluding carboxylic acids is 1. The highest BCUT2D eigenvalue weighted by Crippen LogP contribution is 2.32. The molecule has 0 bridgehead atoms. The number of H-pyrrole nitrogens is 1. The Bertz CT molecular complexity index is 936. The summed E-state index contributed by atoms with van der Waals surface area (Å²) in [5.74, 6) is 0.102. The van der Waals surface area contributed by atoms with Gasteiger partial charge in [0.15, 0.2) is 0 Å². The maximum atomic E-state index is 13.1. The molecule has 4 nitrogen and oxygen atoms in total. The van der Waals surface area contributed by atoms with Crippen LogP contribution in [0, 0.1) is 0 Å². The zero-order valence-corrected chi connectivity index (χ0v) is 15.3. The molecule has 2 aromatic carbocycles. The molecule has 0 saturated heterocycles.